The highest BCUT2D eigenvalue weighted by Gasteiger charge is 2.30. The molecular formula is C21H25N3O5S. The minimum absolute atomic E-state index is 0.0212. The van der Waals surface area contributed by atoms with Crippen molar-refractivity contribution in [3.63, 3.8) is 0 Å². The van der Waals surface area contributed by atoms with E-state index in [-0.39, 0.29) is 23.1 Å². The Morgan fingerprint density at radius 3 is 2.70 bits per heavy atom. The van der Waals surface area contributed by atoms with Crippen molar-refractivity contribution in [3.8, 4) is 5.75 Å². The number of carbonyl (C=O) groups excluding carboxylic acids is 2. The molecule has 9 heteroatoms. The van der Waals surface area contributed by atoms with Crippen molar-refractivity contribution in [1.29, 1.82) is 0 Å². The monoisotopic (exact) mass is 431 g/mol. The molecule has 0 saturated heterocycles. The van der Waals surface area contributed by atoms with Crippen LogP contribution >= 0.6 is 0 Å². The minimum atomic E-state index is -3.95. The van der Waals surface area contributed by atoms with Gasteiger partial charge in [-0.3, -0.25) is 9.59 Å². The van der Waals surface area contributed by atoms with Gasteiger partial charge in [0.05, 0.1) is 17.1 Å². The molecule has 30 heavy (non-hydrogen) atoms. The smallest absolute Gasteiger partial charge is 0.265 e. The van der Waals surface area contributed by atoms with Gasteiger partial charge in [0, 0.05) is 18.8 Å². The molecule has 0 bridgehead atoms. The molecule has 0 fully saturated rings. The SMILES string of the molecule is CCc1cccc(NC(=O)CN(C)S(=O)(=O)c2cc3c(cc2C)NC(=O)[C@@H](C)O3)c1. The standard InChI is InChI=1S/C21H25N3O5S/c1-5-15-7-6-8-16(10-15)22-20(25)12-24(4)30(27,28)19-11-18-17(9-13(19)2)23-21(26)14(3)29-18/h6-11,14H,5,12H2,1-4H3,(H,22,25)(H,23,26)/t14-/m1/s1. The Balaban J connectivity index is 1.78. The highest BCUT2D eigenvalue weighted by atomic mass is 32.2. The van der Waals surface area contributed by atoms with E-state index in [4.69, 9.17) is 4.74 Å². The van der Waals surface area contributed by atoms with E-state index >= 15 is 0 Å². The summed E-state index contributed by atoms with van der Waals surface area (Å²) < 4.78 is 32.7. The number of likely N-dealkylation sites (N-methyl/N-ethyl adjacent to an activating group) is 1. The second-order valence-corrected chi connectivity index (χ2v) is 9.24. The summed E-state index contributed by atoms with van der Waals surface area (Å²) in [6.07, 6.45) is 0.106. The van der Waals surface area contributed by atoms with Crippen molar-refractivity contribution in [2.24, 2.45) is 0 Å². The number of nitrogens with one attached hydrogen (secondary N) is 2. The molecule has 2 aromatic rings. The lowest BCUT2D eigenvalue weighted by molar-refractivity contribution is -0.122. The lowest BCUT2D eigenvalue weighted by atomic mass is 10.1. The Bertz CT molecular complexity index is 1100. The number of hydrogen-bond donors (Lipinski definition) is 2. The second-order valence-electron chi connectivity index (χ2n) is 7.23. The van der Waals surface area contributed by atoms with Gasteiger partial charge in [-0.25, -0.2) is 8.42 Å². The summed E-state index contributed by atoms with van der Waals surface area (Å²) in [5.41, 5.74) is 2.55. The number of sulfonamides is 1. The van der Waals surface area contributed by atoms with Gasteiger partial charge in [0.25, 0.3) is 5.91 Å². The number of carbonyl (C=O) groups is 2. The zero-order valence-corrected chi connectivity index (χ0v) is 18.2. The summed E-state index contributed by atoms with van der Waals surface area (Å²) in [6.45, 7) is 4.87. The summed E-state index contributed by atoms with van der Waals surface area (Å²) in [7, 11) is -2.61. The minimum Gasteiger partial charge on any atom is -0.479 e. The molecule has 1 heterocycles. The first-order chi connectivity index (χ1) is 14.1. The quantitative estimate of drug-likeness (QED) is 0.731. The van der Waals surface area contributed by atoms with Crippen LogP contribution in [0.5, 0.6) is 5.75 Å². The van der Waals surface area contributed by atoms with Crippen LogP contribution in [-0.4, -0.2) is 44.2 Å². The molecule has 3 rings (SSSR count). The Kier molecular flexibility index (Phi) is 6.14. The van der Waals surface area contributed by atoms with Gasteiger partial charge in [-0.15, -0.1) is 0 Å². The van der Waals surface area contributed by atoms with Crippen molar-refractivity contribution in [2.75, 3.05) is 24.2 Å². The van der Waals surface area contributed by atoms with Gasteiger partial charge in [0.2, 0.25) is 15.9 Å². The fraction of sp³-hybridized carbons (Fsp3) is 0.333. The molecule has 160 valence electrons. The number of amides is 2. The summed E-state index contributed by atoms with van der Waals surface area (Å²) in [5, 5.41) is 5.42. The zero-order chi connectivity index (χ0) is 22.1. The van der Waals surface area contributed by atoms with Crippen molar-refractivity contribution in [3.05, 3.63) is 47.5 Å². The van der Waals surface area contributed by atoms with Crippen molar-refractivity contribution >= 4 is 33.2 Å². The number of anilines is 2. The molecule has 0 saturated carbocycles. The van der Waals surface area contributed by atoms with E-state index in [1.54, 1.807) is 26.0 Å². The Hall–Kier alpha value is -2.91. The molecule has 2 aromatic carbocycles. The van der Waals surface area contributed by atoms with Gasteiger partial charge in [-0.2, -0.15) is 4.31 Å². The third-order valence-electron chi connectivity index (χ3n) is 4.88. The summed E-state index contributed by atoms with van der Waals surface area (Å²) in [5.74, 6) is -0.457. The Labute approximate surface area is 176 Å². The van der Waals surface area contributed by atoms with E-state index in [1.165, 1.54) is 13.1 Å². The third kappa shape index (κ3) is 4.47. The normalized spacial score (nSPS) is 15.9. The molecule has 0 spiro atoms. The van der Waals surface area contributed by atoms with Crippen LogP contribution in [0, 0.1) is 6.92 Å². The van der Waals surface area contributed by atoms with E-state index in [9.17, 15) is 18.0 Å². The lowest BCUT2D eigenvalue weighted by Gasteiger charge is -2.25. The maximum atomic E-state index is 13.1. The number of benzene rings is 2. The van der Waals surface area contributed by atoms with Crippen LogP contribution < -0.4 is 15.4 Å². The van der Waals surface area contributed by atoms with Gasteiger partial charge in [0.15, 0.2) is 6.10 Å². The van der Waals surface area contributed by atoms with Gasteiger partial charge in [-0.1, -0.05) is 19.1 Å². The van der Waals surface area contributed by atoms with Crippen LogP contribution in [-0.2, 0) is 26.0 Å². The molecule has 1 atom stereocenters. The molecule has 0 aliphatic carbocycles. The van der Waals surface area contributed by atoms with Crippen molar-refractivity contribution in [1.82, 2.24) is 4.31 Å². The molecule has 1 aliphatic rings. The van der Waals surface area contributed by atoms with Crippen LogP contribution in [0.4, 0.5) is 11.4 Å². The molecule has 2 N–H and O–H groups in total. The van der Waals surface area contributed by atoms with Gasteiger partial charge < -0.3 is 15.4 Å². The molecular weight excluding hydrogens is 406 g/mol. The average molecular weight is 432 g/mol. The van der Waals surface area contributed by atoms with Crippen LogP contribution in [0.25, 0.3) is 0 Å². The van der Waals surface area contributed by atoms with Gasteiger partial charge >= 0.3 is 0 Å². The Morgan fingerprint density at radius 1 is 1.27 bits per heavy atom. The summed E-state index contributed by atoms with van der Waals surface area (Å²) >= 11 is 0. The van der Waals surface area contributed by atoms with Gasteiger partial charge in [-0.05, 0) is 49.6 Å². The molecule has 0 radical (unpaired) electrons. The van der Waals surface area contributed by atoms with Crippen LogP contribution in [0.15, 0.2) is 41.3 Å². The Morgan fingerprint density at radius 2 is 2.00 bits per heavy atom. The highest BCUT2D eigenvalue weighted by molar-refractivity contribution is 7.89. The summed E-state index contributed by atoms with van der Waals surface area (Å²) in [6, 6.07) is 10.3. The molecule has 2 amide bonds. The lowest BCUT2D eigenvalue weighted by Crippen LogP contribution is -2.36. The topological polar surface area (TPSA) is 105 Å². The third-order valence-corrected chi connectivity index (χ3v) is 6.83. The molecule has 1 aliphatic heterocycles. The largest absolute Gasteiger partial charge is 0.479 e. The number of rotatable bonds is 6. The summed E-state index contributed by atoms with van der Waals surface area (Å²) in [4.78, 5) is 24.2. The molecule has 8 nitrogen and oxygen atoms in total. The van der Waals surface area contributed by atoms with E-state index < -0.39 is 22.0 Å². The first-order valence-electron chi connectivity index (χ1n) is 9.59. The first-order valence-corrected chi connectivity index (χ1v) is 11.0. The van der Waals surface area contributed by atoms with E-state index in [1.807, 2.05) is 25.1 Å². The van der Waals surface area contributed by atoms with Crippen molar-refractivity contribution < 1.29 is 22.7 Å². The number of nitrogens with zero attached hydrogens (tertiary/aromatic N) is 1. The number of fused-ring (bicyclic) bond motifs is 1. The fourth-order valence-electron chi connectivity index (χ4n) is 3.15. The maximum absolute atomic E-state index is 13.1. The average Bonchev–Trinajstić information content (AvgIpc) is 2.68. The predicted octanol–water partition coefficient (Wildman–Crippen LogP) is 2.54. The number of hydrogen-bond acceptors (Lipinski definition) is 5. The number of aryl methyl sites for hydroxylation is 2. The first kappa shape index (κ1) is 21.8. The van der Waals surface area contributed by atoms with Crippen LogP contribution in [0.3, 0.4) is 0 Å². The zero-order valence-electron chi connectivity index (χ0n) is 17.4. The van der Waals surface area contributed by atoms with Crippen LogP contribution in [0.1, 0.15) is 25.0 Å². The van der Waals surface area contributed by atoms with Crippen LogP contribution in [0.2, 0.25) is 0 Å². The molecule has 0 aromatic heterocycles. The second kappa shape index (κ2) is 8.45. The predicted molar refractivity (Wildman–Crippen MR) is 114 cm³/mol. The van der Waals surface area contributed by atoms with E-state index in [0.29, 0.717) is 16.9 Å². The molecule has 0 unspecified atom stereocenters. The van der Waals surface area contributed by atoms with Gasteiger partial charge in [0.1, 0.15) is 5.75 Å². The maximum Gasteiger partial charge on any atom is 0.265 e. The van der Waals surface area contributed by atoms with Crippen molar-refractivity contribution in [2.45, 2.75) is 38.2 Å². The number of ether oxygens (including phenoxy) is 1. The highest BCUT2D eigenvalue weighted by Crippen LogP contribution is 2.35. The van der Waals surface area contributed by atoms with E-state index in [2.05, 4.69) is 10.6 Å². The van der Waals surface area contributed by atoms with E-state index in [0.717, 1.165) is 16.3 Å². The fourth-order valence-corrected chi connectivity index (χ4v) is 4.49.